The van der Waals surface area contributed by atoms with Crippen LogP contribution in [0.15, 0.2) is 42.7 Å². The molecule has 0 atom stereocenters. The maximum atomic E-state index is 9.23. The maximum absolute atomic E-state index is 9.23. The molecule has 1 heterocycles. The van der Waals surface area contributed by atoms with Gasteiger partial charge in [0, 0.05) is 13.1 Å². The highest BCUT2D eigenvalue weighted by molar-refractivity contribution is 5.53. The van der Waals surface area contributed by atoms with Gasteiger partial charge in [0.25, 0.3) is 0 Å². The summed E-state index contributed by atoms with van der Waals surface area (Å²) < 4.78 is 0. The average Bonchev–Trinajstić information content (AvgIpc) is 2.48. The molecule has 2 aromatic rings. The minimum Gasteiger partial charge on any atom is -0.508 e. The molecule has 0 saturated carbocycles. The predicted octanol–water partition coefficient (Wildman–Crippen LogP) is 3.26. The van der Waals surface area contributed by atoms with E-state index < -0.39 is 0 Å². The second-order valence-electron chi connectivity index (χ2n) is 4.73. The lowest BCUT2D eigenvalue weighted by atomic mass is 10.1. The van der Waals surface area contributed by atoms with E-state index in [1.165, 1.54) is 5.56 Å². The monoisotopic (exact) mass is 271 g/mol. The SMILES string of the molecule is CCCNc1cncc(NCCc2ccc(O)cc2)c1. The summed E-state index contributed by atoms with van der Waals surface area (Å²) in [5, 5.41) is 15.9. The van der Waals surface area contributed by atoms with Gasteiger partial charge in [-0.2, -0.15) is 0 Å². The van der Waals surface area contributed by atoms with Crippen LogP contribution in [0.4, 0.5) is 11.4 Å². The highest BCUT2D eigenvalue weighted by atomic mass is 16.3. The molecule has 0 bridgehead atoms. The van der Waals surface area contributed by atoms with E-state index in [0.717, 1.165) is 37.3 Å². The Kier molecular flexibility index (Phi) is 5.24. The van der Waals surface area contributed by atoms with Crippen molar-refractivity contribution in [1.29, 1.82) is 0 Å². The van der Waals surface area contributed by atoms with Gasteiger partial charge in [0.2, 0.25) is 0 Å². The third-order valence-electron chi connectivity index (χ3n) is 3.00. The number of anilines is 2. The molecule has 0 aliphatic rings. The summed E-state index contributed by atoms with van der Waals surface area (Å²) >= 11 is 0. The van der Waals surface area contributed by atoms with E-state index in [0.29, 0.717) is 5.75 Å². The van der Waals surface area contributed by atoms with E-state index in [4.69, 9.17) is 0 Å². The van der Waals surface area contributed by atoms with Crippen molar-refractivity contribution in [1.82, 2.24) is 4.98 Å². The molecule has 0 aliphatic heterocycles. The van der Waals surface area contributed by atoms with Crippen LogP contribution in [0.2, 0.25) is 0 Å². The van der Waals surface area contributed by atoms with Crippen molar-refractivity contribution in [3.63, 3.8) is 0 Å². The van der Waals surface area contributed by atoms with Gasteiger partial charge in [-0.15, -0.1) is 0 Å². The third-order valence-corrected chi connectivity index (χ3v) is 3.00. The van der Waals surface area contributed by atoms with Crippen LogP contribution in [0.25, 0.3) is 0 Å². The maximum Gasteiger partial charge on any atom is 0.115 e. The van der Waals surface area contributed by atoms with Crippen LogP contribution in [0, 0.1) is 0 Å². The molecular weight excluding hydrogens is 250 g/mol. The Bertz CT molecular complexity index is 526. The Hall–Kier alpha value is -2.23. The van der Waals surface area contributed by atoms with Crippen LogP contribution in [-0.4, -0.2) is 23.2 Å². The quantitative estimate of drug-likeness (QED) is 0.723. The fraction of sp³-hybridized carbons (Fsp3) is 0.312. The lowest BCUT2D eigenvalue weighted by Gasteiger charge is -2.09. The summed E-state index contributed by atoms with van der Waals surface area (Å²) in [5.41, 5.74) is 3.26. The number of hydrogen-bond donors (Lipinski definition) is 3. The van der Waals surface area contributed by atoms with Crippen LogP contribution < -0.4 is 10.6 Å². The number of hydrogen-bond acceptors (Lipinski definition) is 4. The first-order valence-corrected chi connectivity index (χ1v) is 6.98. The van der Waals surface area contributed by atoms with Crippen LogP contribution in [-0.2, 0) is 6.42 Å². The molecule has 3 N–H and O–H groups in total. The molecule has 0 amide bonds. The number of nitrogens with zero attached hydrogens (tertiary/aromatic N) is 1. The molecule has 0 unspecified atom stereocenters. The molecule has 4 heteroatoms. The van der Waals surface area contributed by atoms with Crippen LogP contribution in [0.1, 0.15) is 18.9 Å². The fourth-order valence-corrected chi connectivity index (χ4v) is 1.92. The molecule has 0 radical (unpaired) electrons. The number of rotatable bonds is 7. The molecule has 0 saturated heterocycles. The number of benzene rings is 1. The summed E-state index contributed by atoms with van der Waals surface area (Å²) in [4.78, 5) is 4.22. The highest BCUT2D eigenvalue weighted by Gasteiger charge is 1.97. The Morgan fingerprint density at radius 2 is 1.65 bits per heavy atom. The molecule has 0 fully saturated rings. The second kappa shape index (κ2) is 7.38. The van der Waals surface area contributed by atoms with Gasteiger partial charge in [0.15, 0.2) is 0 Å². The van der Waals surface area contributed by atoms with Gasteiger partial charge in [0.05, 0.1) is 23.8 Å². The molecule has 0 aliphatic carbocycles. The van der Waals surface area contributed by atoms with Gasteiger partial charge in [-0.05, 0) is 36.6 Å². The van der Waals surface area contributed by atoms with Crippen LogP contribution in [0.5, 0.6) is 5.75 Å². The van der Waals surface area contributed by atoms with Gasteiger partial charge in [0.1, 0.15) is 5.75 Å². The smallest absolute Gasteiger partial charge is 0.115 e. The highest BCUT2D eigenvalue weighted by Crippen LogP contribution is 2.14. The molecule has 4 nitrogen and oxygen atoms in total. The summed E-state index contributed by atoms with van der Waals surface area (Å²) in [7, 11) is 0. The van der Waals surface area contributed by atoms with E-state index in [2.05, 4.69) is 28.6 Å². The fourth-order valence-electron chi connectivity index (χ4n) is 1.92. The molecule has 1 aromatic carbocycles. The van der Waals surface area contributed by atoms with Crippen molar-refractivity contribution in [2.45, 2.75) is 19.8 Å². The number of aromatic nitrogens is 1. The molecule has 1 aromatic heterocycles. The molecule has 2 rings (SSSR count). The van der Waals surface area contributed by atoms with E-state index >= 15 is 0 Å². The first kappa shape index (κ1) is 14.2. The summed E-state index contributed by atoms with van der Waals surface area (Å²) in [6.45, 7) is 3.93. The second-order valence-corrected chi connectivity index (χ2v) is 4.73. The van der Waals surface area contributed by atoms with Crippen molar-refractivity contribution >= 4 is 11.4 Å². The van der Waals surface area contributed by atoms with E-state index in [1.54, 1.807) is 12.1 Å². The summed E-state index contributed by atoms with van der Waals surface area (Å²) in [5.74, 6) is 0.306. The first-order valence-electron chi connectivity index (χ1n) is 6.98. The van der Waals surface area contributed by atoms with Crippen molar-refractivity contribution in [3.05, 3.63) is 48.3 Å². The van der Waals surface area contributed by atoms with Crippen molar-refractivity contribution in [2.24, 2.45) is 0 Å². The molecule has 20 heavy (non-hydrogen) atoms. The Morgan fingerprint density at radius 3 is 2.30 bits per heavy atom. The lowest BCUT2D eigenvalue weighted by molar-refractivity contribution is 0.475. The number of phenols is 1. The average molecular weight is 271 g/mol. The molecule has 0 spiro atoms. The summed E-state index contributed by atoms with van der Waals surface area (Å²) in [6, 6.07) is 9.38. The minimum absolute atomic E-state index is 0.306. The first-order chi connectivity index (χ1) is 9.78. The Balaban J connectivity index is 1.82. The van der Waals surface area contributed by atoms with E-state index in [-0.39, 0.29) is 0 Å². The van der Waals surface area contributed by atoms with Crippen LogP contribution >= 0.6 is 0 Å². The van der Waals surface area contributed by atoms with Crippen molar-refractivity contribution in [2.75, 3.05) is 23.7 Å². The van der Waals surface area contributed by atoms with E-state index in [9.17, 15) is 5.11 Å². The van der Waals surface area contributed by atoms with Gasteiger partial charge in [-0.1, -0.05) is 19.1 Å². The largest absolute Gasteiger partial charge is 0.508 e. The predicted molar refractivity (Wildman–Crippen MR) is 83.3 cm³/mol. The van der Waals surface area contributed by atoms with Gasteiger partial charge in [-0.3, -0.25) is 4.98 Å². The Labute approximate surface area is 119 Å². The van der Waals surface area contributed by atoms with Crippen molar-refractivity contribution in [3.8, 4) is 5.75 Å². The number of nitrogens with one attached hydrogen (secondary N) is 2. The standard InChI is InChI=1S/C16H21N3O/c1-2-8-18-14-10-15(12-17-11-14)19-9-7-13-3-5-16(20)6-4-13/h3-6,10-12,18-20H,2,7-9H2,1H3. The Morgan fingerprint density at radius 1 is 1.00 bits per heavy atom. The zero-order chi connectivity index (χ0) is 14.2. The molecule has 106 valence electrons. The zero-order valence-electron chi connectivity index (χ0n) is 11.8. The lowest BCUT2D eigenvalue weighted by Crippen LogP contribution is -2.06. The van der Waals surface area contributed by atoms with Crippen molar-refractivity contribution < 1.29 is 5.11 Å². The van der Waals surface area contributed by atoms with Gasteiger partial charge in [-0.25, -0.2) is 0 Å². The van der Waals surface area contributed by atoms with Gasteiger partial charge < -0.3 is 15.7 Å². The van der Waals surface area contributed by atoms with Crippen LogP contribution in [0.3, 0.4) is 0 Å². The number of phenolic OH excluding ortho intramolecular Hbond substituents is 1. The molecular formula is C16H21N3O. The minimum atomic E-state index is 0.306. The zero-order valence-corrected chi connectivity index (χ0v) is 11.8. The normalized spacial score (nSPS) is 10.2. The third kappa shape index (κ3) is 4.46. The van der Waals surface area contributed by atoms with E-state index in [1.807, 2.05) is 24.5 Å². The summed E-state index contributed by atoms with van der Waals surface area (Å²) in [6.07, 6.45) is 5.67. The topological polar surface area (TPSA) is 57.2 Å². The number of pyridine rings is 1. The number of aromatic hydroxyl groups is 1. The van der Waals surface area contributed by atoms with Gasteiger partial charge >= 0.3 is 0 Å².